The van der Waals surface area contributed by atoms with Crippen molar-refractivity contribution in [1.82, 2.24) is 4.90 Å². The molecule has 0 saturated carbocycles. The van der Waals surface area contributed by atoms with Crippen LogP contribution in [-0.2, 0) is 17.6 Å². The number of ether oxygens (including phenoxy) is 1. The summed E-state index contributed by atoms with van der Waals surface area (Å²) in [5.74, 6) is 0.715. The predicted octanol–water partition coefficient (Wildman–Crippen LogP) is 6.30. The van der Waals surface area contributed by atoms with E-state index in [1.807, 2.05) is 71.6 Å². The van der Waals surface area contributed by atoms with Gasteiger partial charge in [-0.25, -0.2) is 0 Å². The monoisotopic (exact) mass is 487 g/mol. The van der Waals surface area contributed by atoms with E-state index in [2.05, 4.69) is 46.3 Å². The van der Waals surface area contributed by atoms with Crippen molar-refractivity contribution in [1.29, 1.82) is 0 Å². The van der Waals surface area contributed by atoms with Crippen molar-refractivity contribution >= 4 is 32.6 Å². The molecule has 4 aromatic carbocycles. The second-order valence-electron chi connectivity index (χ2n) is 7.79. The number of hydrogen-bond donors (Lipinski definition) is 0. The molecule has 0 spiro atoms. The Kier molecular flexibility index (Phi) is 7.57. The van der Waals surface area contributed by atoms with Crippen LogP contribution in [-0.4, -0.2) is 30.5 Å². The first-order valence-electron chi connectivity index (χ1n) is 10.9. The smallest absolute Gasteiger partial charge is 0.260 e. The topological polar surface area (TPSA) is 29.5 Å². The van der Waals surface area contributed by atoms with Gasteiger partial charge in [0.2, 0.25) is 0 Å². The minimum absolute atomic E-state index is 0.00719. The lowest BCUT2D eigenvalue weighted by atomic mass is 10.1. The summed E-state index contributed by atoms with van der Waals surface area (Å²) in [6.45, 7) is 1.38. The molecule has 0 aliphatic carbocycles. The summed E-state index contributed by atoms with van der Waals surface area (Å²) in [5.41, 5.74) is 2.46. The maximum Gasteiger partial charge on any atom is 0.260 e. The number of fused-ring (bicyclic) bond motifs is 1. The number of hydrogen-bond acceptors (Lipinski definition) is 2. The Bertz CT molecular complexity index is 1120. The van der Waals surface area contributed by atoms with Crippen LogP contribution in [0.25, 0.3) is 10.8 Å². The molecule has 0 saturated heterocycles. The summed E-state index contributed by atoms with van der Waals surface area (Å²) < 4.78 is 6.93. The highest BCUT2D eigenvalue weighted by atomic mass is 79.9. The van der Waals surface area contributed by atoms with Crippen molar-refractivity contribution in [3.63, 3.8) is 0 Å². The van der Waals surface area contributed by atoms with Gasteiger partial charge in [0.25, 0.3) is 5.91 Å². The maximum atomic E-state index is 13.1. The third-order valence-electron chi connectivity index (χ3n) is 5.52. The molecule has 0 N–H and O–H groups in total. The highest BCUT2D eigenvalue weighted by Gasteiger charge is 2.15. The van der Waals surface area contributed by atoms with E-state index in [4.69, 9.17) is 4.74 Å². The zero-order chi connectivity index (χ0) is 22.2. The summed E-state index contributed by atoms with van der Waals surface area (Å²) in [6, 6.07) is 32.6. The van der Waals surface area contributed by atoms with Crippen molar-refractivity contribution in [3.8, 4) is 5.75 Å². The average molecular weight is 488 g/mol. The van der Waals surface area contributed by atoms with Crippen LogP contribution in [0, 0.1) is 0 Å². The van der Waals surface area contributed by atoms with Gasteiger partial charge >= 0.3 is 0 Å². The number of amides is 1. The van der Waals surface area contributed by atoms with Gasteiger partial charge < -0.3 is 9.64 Å². The normalized spacial score (nSPS) is 10.8. The largest absolute Gasteiger partial charge is 0.484 e. The number of nitrogens with zero attached hydrogens (tertiary/aromatic N) is 1. The van der Waals surface area contributed by atoms with E-state index in [1.54, 1.807) is 0 Å². The van der Waals surface area contributed by atoms with Crippen LogP contribution in [0.2, 0.25) is 0 Å². The Morgan fingerprint density at radius 1 is 0.719 bits per heavy atom. The summed E-state index contributed by atoms with van der Waals surface area (Å²) >= 11 is 3.50. The molecule has 0 unspecified atom stereocenters. The van der Waals surface area contributed by atoms with Crippen LogP contribution in [0.1, 0.15) is 11.1 Å². The lowest BCUT2D eigenvalue weighted by molar-refractivity contribution is -0.133. The lowest BCUT2D eigenvalue weighted by Gasteiger charge is -2.23. The Labute approximate surface area is 197 Å². The zero-order valence-electron chi connectivity index (χ0n) is 17.9. The Morgan fingerprint density at radius 2 is 1.28 bits per heavy atom. The minimum Gasteiger partial charge on any atom is -0.484 e. The van der Waals surface area contributed by atoms with Crippen molar-refractivity contribution in [2.75, 3.05) is 19.7 Å². The number of rotatable bonds is 9. The van der Waals surface area contributed by atoms with Gasteiger partial charge in [-0.15, -0.1) is 0 Å². The van der Waals surface area contributed by atoms with Crippen LogP contribution in [0.15, 0.2) is 102 Å². The third kappa shape index (κ3) is 6.21. The Morgan fingerprint density at radius 3 is 1.91 bits per heavy atom. The van der Waals surface area contributed by atoms with Gasteiger partial charge in [0.15, 0.2) is 6.61 Å². The first-order chi connectivity index (χ1) is 15.7. The molecule has 4 rings (SSSR count). The van der Waals surface area contributed by atoms with E-state index < -0.39 is 0 Å². The van der Waals surface area contributed by atoms with Crippen LogP contribution >= 0.6 is 15.9 Å². The number of carbonyl (C=O) groups is 1. The van der Waals surface area contributed by atoms with Gasteiger partial charge in [-0.05, 0) is 59.0 Å². The second kappa shape index (κ2) is 11.0. The summed E-state index contributed by atoms with van der Waals surface area (Å²) in [5, 5.41) is 2.22. The number of halogens is 1. The molecule has 3 nitrogen and oxygen atoms in total. The van der Waals surface area contributed by atoms with Crippen LogP contribution < -0.4 is 4.74 Å². The van der Waals surface area contributed by atoms with E-state index in [0.29, 0.717) is 18.8 Å². The Hall–Kier alpha value is -3.11. The number of benzene rings is 4. The highest BCUT2D eigenvalue weighted by Crippen LogP contribution is 2.24. The Balaban J connectivity index is 1.40. The van der Waals surface area contributed by atoms with Gasteiger partial charge in [-0.1, -0.05) is 88.7 Å². The van der Waals surface area contributed by atoms with Gasteiger partial charge in [0, 0.05) is 17.6 Å². The van der Waals surface area contributed by atoms with Crippen molar-refractivity contribution in [3.05, 3.63) is 113 Å². The molecule has 4 heteroatoms. The molecule has 0 aliphatic rings. The van der Waals surface area contributed by atoms with Crippen LogP contribution in [0.3, 0.4) is 0 Å². The van der Waals surface area contributed by atoms with E-state index in [9.17, 15) is 4.79 Å². The molecule has 162 valence electrons. The van der Waals surface area contributed by atoms with Crippen molar-refractivity contribution in [2.45, 2.75) is 12.8 Å². The van der Waals surface area contributed by atoms with Gasteiger partial charge in [-0.3, -0.25) is 4.79 Å². The molecule has 0 aromatic heterocycles. The summed E-state index contributed by atoms with van der Waals surface area (Å²) in [6.07, 6.45) is 1.65. The average Bonchev–Trinajstić information content (AvgIpc) is 2.84. The fraction of sp³-hybridized carbons (Fsp3) is 0.179. The van der Waals surface area contributed by atoms with E-state index in [-0.39, 0.29) is 12.5 Å². The second-order valence-corrected chi connectivity index (χ2v) is 8.71. The fourth-order valence-electron chi connectivity index (χ4n) is 3.70. The molecule has 4 aromatic rings. The number of carbonyl (C=O) groups excluding carboxylic acids is 1. The molecule has 1 amide bonds. The van der Waals surface area contributed by atoms with E-state index in [0.717, 1.165) is 28.1 Å². The highest BCUT2D eigenvalue weighted by molar-refractivity contribution is 9.10. The predicted molar refractivity (Wildman–Crippen MR) is 134 cm³/mol. The lowest BCUT2D eigenvalue weighted by Crippen LogP contribution is -2.38. The first-order valence-corrected chi connectivity index (χ1v) is 11.6. The van der Waals surface area contributed by atoms with Crippen LogP contribution in [0.5, 0.6) is 5.75 Å². The SMILES string of the molecule is O=C(COc1ccc2cc(Br)ccc2c1)N(CCc1ccccc1)CCc1ccccc1. The molecule has 0 bridgehead atoms. The zero-order valence-corrected chi connectivity index (χ0v) is 19.5. The molecule has 0 radical (unpaired) electrons. The van der Waals surface area contributed by atoms with Gasteiger partial charge in [0.1, 0.15) is 5.75 Å². The summed E-state index contributed by atoms with van der Waals surface area (Å²) in [7, 11) is 0. The summed E-state index contributed by atoms with van der Waals surface area (Å²) in [4.78, 5) is 15.0. The molecular formula is C28H26BrNO2. The molecule has 0 heterocycles. The molecular weight excluding hydrogens is 462 g/mol. The molecule has 32 heavy (non-hydrogen) atoms. The van der Waals surface area contributed by atoms with Crippen molar-refractivity contribution in [2.24, 2.45) is 0 Å². The fourth-order valence-corrected chi connectivity index (χ4v) is 4.08. The van der Waals surface area contributed by atoms with Gasteiger partial charge in [0.05, 0.1) is 0 Å². The van der Waals surface area contributed by atoms with Crippen molar-refractivity contribution < 1.29 is 9.53 Å². The van der Waals surface area contributed by atoms with E-state index in [1.165, 1.54) is 11.1 Å². The minimum atomic E-state index is 0.00719. The van der Waals surface area contributed by atoms with E-state index >= 15 is 0 Å². The first kappa shape index (κ1) is 22.1. The standard InChI is InChI=1S/C28H26BrNO2/c29-26-13-11-25-20-27(14-12-24(25)19-26)32-21-28(31)30(17-15-22-7-3-1-4-8-22)18-16-23-9-5-2-6-10-23/h1-14,19-20H,15-18,21H2. The third-order valence-corrected chi connectivity index (χ3v) is 6.01. The molecule has 0 fully saturated rings. The molecule has 0 atom stereocenters. The van der Waals surface area contributed by atoms with Crippen LogP contribution in [0.4, 0.5) is 0 Å². The van der Waals surface area contributed by atoms with Gasteiger partial charge in [-0.2, -0.15) is 0 Å². The molecule has 0 aliphatic heterocycles. The maximum absolute atomic E-state index is 13.1. The quantitative estimate of drug-likeness (QED) is 0.277.